The number of nitrogens with one attached hydrogen (secondary N) is 1. The van der Waals surface area contributed by atoms with Crippen LogP contribution in [0.2, 0.25) is 0 Å². The van der Waals surface area contributed by atoms with E-state index in [1.54, 1.807) is 24.1 Å². The average molecular weight is 413 g/mol. The van der Waals surface area contributed by atoms with Crippen LogP contribution in [0.4, 0.5) is 8.78 Å². The summed E-state index contributed by atoms with van der Waals surface area (Å²) in [6.45, 7) is 2.93. The van der Waals surface area contributed by atoms with E-state index < -0.39 is 5.82 Å². The molecule has 2 aromatic carbocycles. The molecule has 1 saturated heterocycles. The molecular weight excluding hydrogens is 392 g/mol. The number of morpholine rings is 1. The lowest BCUT2D eigenvalue weighted by atomic mass is 9.91. The van der Waals surface area contributed by atoms with Crippen molar-refractivity contribution in [2.45, 2.75) is 12.5 Å². The summed E-state index contributed by atoms with van der Waals surface area (Å²) < 4.78 is 36.9. The second-order valence-electron chi connectivity index (χ2n) is 7.17. The molecule has 4 nitrogen and oxygen atoms in total. The smallest absolute Gasteiger partial charge is 0.141 e. The summed E-state index contributed by atoms with van der Waals surface area (Å²) in [7, 11) is 1.99. The van der Waals surface area contributed by atoms with Crippen LogP contribution in [0.5, 0.6) is 0 Å². The van der Waals surface area contributed by atoms with E-state index in [2.05, 4.69) is 15.7 Å². The van der Waals surface area contributed by atoms with Gasteiger partial charge in [0, 0.05) is 36.5 Å². The minimum atomic E-state index is -0.605. The number of benzene rings is 2. The zero-order valence-electron chi connectivity index (χ0n) is 16.0. The summed E-state index contributed by atoms with van der Waals surface area (Å²) >= 11 is 1.59. The molecule has 2 aromatic rings. The zero-order chi connectivity index (χ0) is 20.4. The summed E-state index contributed by atoms with van der Waals surface area (Å²) in [6.07, 6.45) is 2.62. The van der Waals surface area contributed by atoms with E-state index in [1.807, 2.05) is 13.1 Å². The Morgan fingerprint density at radius 1 is 1.31 bits per heavy atom. The minimum absolute atomic E-state index is 0.0252. The van der Waals surface area contributed by atoms with Crippen molar-refractivity contribution in [3.8, 4) is 17.2 Å². The summed E-state index contributed by atoms with van der Waals surface area (Å²) in [4.78, 5) is 1.02. The second kappa shape index (κ2) is 8.64. The Bertz CT molecular complexity index is 996. The number of hydrogen-bond donors (Lipinski definition) is 1. The first-order valence-corrected chi connectivity index (χ1v) is 10.3. The third-order valence-electron chi connectivity index (χ3n) is 5.07. The maximum atomic E-state index is 14.6. The maximum Gasteiger partial charge on any atom is 0.141 e. The van der Waals surface area contributed by atoms with Crippen molar-refractivity contribution in [3.05, 3.63) is 64.7 Å². The molecular formula is C22H21F2N3OS. The highest BCUT2D eigenvalue weighted by Crippen LogP contribution is 2.42. The Hall–Kier alpha value is -2.24. The normalized spacial score (nSPS) is 19.8. The summed E-state index contributed by atoms with van der Waals surface area (Å²) in [5, 5.41) is 12.3. The van der Waals surface area contributed by atoms with Crippen LogP contribution in [0, 0.1) is 23.0 Å². The molecule has 2 aliphatic rings. The van der Waals surface area contributed by atoms with Gasteiger partial charge in [-0.1, -0.05) is 12.1 Å². The minimum Gasteiger partial charge on any atom is -0.375 e. The lowest BCUT2D eigenvalue weighted by molar-refractivity contribution is 0.0292. The van der Waals surface area contributed by atoms with Gasteiger partial charge >= 0.3 is 0 Å². The van der Waals surface area contributed by atoms with Gasteiger partial charge in [-0.25, -0.2) is 13.1 Å². The van der Waals surface area contributed by atoms with Gasteiger partial charge in [-0.15, -0.1) is 0 Å². The third kappa shape index (κ3) is 4.36. The monoisotopic (exact) mass is 413 g/mol. The van der Waals surface area contributed by atoms with E-state index in [0.29, 0.717) is 30.7 Å². The van der Waals surface area contributed by atoms with Crippen LogP contribution in [0.15, 0.2) is 36.4 Å². The Morgan fingerprint density at radius 2 is 2.17 bits per heavy atom. The number of ether oxygens (including phenoxy) is 1. The molecule has 0 spiro atoms. The van der Waals surface area contributed by atoms with Crippen molar-refractivity contribution in [2.24, 2.45) is 0 Å². The van der Waals surface area contributed by atoms with E-state index in [-0.39, 0.29) is 17.5 Å². The van der Waals surface area contributed by atoms with E-state index in [0.717, 1.165) is 29.1 Å². The molecule has 4 rings (SSSR count). The van der Waals surface area contributed by atoms with Crippen molar-refractivity contribution in [1.82, 2.24) is 9.62 Å². The molecule has 0 bridgehead atoms. The lowest BCUT2D eigenvalue weighted by Gasteiger charge is -2.25. The number of likely N-dealkylation sites (N-methyl/N-ethyl adjacent to an activating group) is 1. The third-order valence-corrected chi connectivity index (χ3v) is 6.10. The van der Waals surface area contributed by atoms with Gasteiger partial charge in [0.25, 0.3) is 0 Å². The Balaban J connectivity index is 1.83. The molecule has 0 saturated carbocycles. The molecule has 0 amide bonds. The molecule has 0 radical (unpaired) electrons. The van der Waals surface area contributed by atoms with Gasteiger partial charge in [0.05, 0.1) is 18.3 Å². The van der Waals surface area contributed by atoms with Crippen LogP contribution in [-0.2, 0) is 11.2 Å². The van der Waals surface area contributed by atoms with E-state index in [1.165, 1.54) is 18.2 Å². The second-order valence-corrected chi connectivity index (χ2v) is 8.41. The molecule has 1 N–H and O–H groups in total. The molecule has 2 heterocycles. The summed E-state index contributed by atoms with van der Waals surface area (Å²) in [5.74, 6) is -0.976. The van der Waals surface area contributed by atoms with Crippen LogP contribution in [0.3, 0.4) is 0 Å². The maximum absolute atomic E-state index is 14.6. The van der Waals surface area contributed by atoms with Crippen molar-refractivity contribution in [1.29, 1.82) is 5.26 Å². The van der Waals surface area contributed by atoms with Crippen molar-refractivity contribution >= 4 is 16.9 Å². The molecule has 1 atom stereocenters. The highest BCUT2D eigenvalue weighted by atomic mass is 32.2. The standard InChI is InChI=1S/C22H21F2N3OS/c1-27-6-4-21(29-27)22-16(9-18-13-26-5-7-28-18)8-17(23)11-19(22)14-2-3-15(12-25)20(24)10-14/h2-4,8,10-11,18,26H,5-7,9,13H2,1H3. The zero-order valence-corrected chi connectivity index (χ0v) is 16.9. The SMILES string of the molecule is CN1CC=C(c2c(CC3CNCCO3)cc(F)cc2-c2ccc(C#N)c(F)c2)S1. The van der Waals surface area contributed by atoms with Gasteiger partial charge in [0.1, 0.15) is 17.7 Å². The van der Waals surface area contributed by atoms with Crippen LogP contribution in [0.1, 0.15) is 16.7 Å². The van der Waals surface area contributed by atoms with Gasteiger partial charge in [-0.2, -0.15) is 5.26 Å². The highest BCUT2D eigenvalue weighted by molar-refractivity contribution is 8.06. The predicted molar refractivity (Wildman–Crippen MR) is 111 cm³/mol. The fourth-order valence-electron chi connectivity index (χ4n) is 3.71. The van der Waals surface area contributed by atoms with Gasteiger partial charge in [0.2, 0.25) is 0 Å². The number of halogens is 2. The van der Waals surface area contributed by atoms with Gasteiger partial charge in [0.15, 0.2) is 0 Å². The van der Waals surface area contributed by atoms with Crippen LogP contribution >= 0.6 is 11.9 Å². The van der Waals surface area contributed by atoms with Gasteiger partial charge < -0.3 is 10.1 Å². The Kier molecular flexibility index (Phi) is 5.97. The summed E-state index contributed by atoms with van der Waals surface area (Å²) in [5.41, 5.74) is 2.89. The van der Waals surface area contributed by atoms with Gasteiger partial charge in [-0.05, 0) is 60.0 Å². The molecule has 0 aliphatic carbocycles. The molecule has 7 heteroatoms. The van der Waals surface area contributed by atoms with Gasteiger partial charge in [-0.3, -0.25) is 0 Å². The van der Waals surface area contributed by atoms with Crippen molar-refractivity contribution in [2.75, 3.05) is 33.3 Å². The van der Waals surface area contributed by atoms with E-state index in [9.17, 15) is 8.78 Å². The van der Waals surface area contributed by atoms with Crippen molar-refractivity contribution in [3.63, 3.8) is 0 Å². The topological polar surface area (TPSA) is 48.3 Å². The first-order valence-electron chi connectivity index (χ1n) is 9.49. The predicted octanol–water partition coefficient (Wildman–Crippen LogP) is 3.97. The van der Waals surface area contributed by atoms with E-state index in [4.69, 9.17) is 10.00 Å². The molecule has 1 fully saturated rings. The molecule has 2 aliphatic heterocycles. The largest absolute Gasteiger partial charge is 0.375 e. The molecule has 29 heavy (non-hydrogen) atoms. The Labute approximate surface area is 173 Å². The lowest BCUT2D eigenvalue weighted by Crippen LogP contribution is -2.39. The average Bonchev–Trinajstić information content (AvgIpc) is 3.14. The number of rotatable bonds is 4. The molecule has 150 valence electrons. The molecule has 0 aromatic heterocycles. The number of nitriles is 1. The Morgan fingerprint density at radius 3 is 2.83 bits per heavy atom. The molecule has 1 unspecified atom stereocenters. The van der Waals surface area contributed by atoms with Crippen LogP contribution < -0.4 is 5.32 Å². The highest BCUT2D eigenvalue weighted by Gasteiger charge is 2.24. The first-order chi connectivity index (χ1) is 14.0. The van der Waals surface area contributed by atoms with Crippen LogP contribution in [-0.4, -0.2) is 43.7 Å². The number of hydrogen-bond acceptors (Lipinski definition) is 5. The fourth-order valence-corrected chi connectivity index (χ4v) is 4.68. The quantitative estimate of drug-likeness (QED) is 0.769. The summed E-state index contributed by atoms with van der Waals surface area (Å²) in [6, 6.07) is 9.25. The van der Waals surface area contributed by atoms with E-state index >= 15 is 0 Å². The van der Waals surface area contributed by atoms with Crippen LogP contribution in [0.25, 0.3) is 16.0 Å². The first kappa shape index (κ1) is 20.0. The van der Waals surface area contributed by atoms with Crippen molar-refractivity contribution < 1.29 is 13.5 Å². The fraction of sp³-hybridized carbons (Fsp3) is 0.318. The number of nitrogens with zero attached hydrogens (tertiary/aromatic N) is 2.